The summed E-state index contributed by atoms with van der Waals surface area (Å²) in [6, 6.07) is -1.25. The zero-order valence-corrected chi connectivity index (χ0v) is 33.2. The summed E-state index contributed by atoms with van der Waals surface area (Å²) in [5.41, 5.74) is 0. The predicted octanol–water partition coefficient (Wildman–Crippen LogP) is 11.1. The van der Waals surface area contributed by atoms with Gasteiger partial charge >= 0.3 is 0 Å². The molecule has 0 saturated heterocycles. The van der Waals surface area contributed by atoms with Crippen molar-refractivity contribution in [3.05, 3.63) is 36.5 Å². The molecule has 3 unspecified atom stereocenters. The van der Waals surface area contributed by atoms with Crippen molar-refractivity contribution in [3.8, 4) is 0 Å². The molecule has 0 rings (SSSR count). The summed E-state index contributed by atoms with van der Waals surface area (Å²) >= 11 is 0. The Hall–Kier alpha value is -1.48. The van der Waals surface area contributed by atoms with Crippen LogP contribution in [0.5, 0.6) is 0 Å². The molecule has 0 bridgehead atoms. The predicted molar refractivity (Wildman–Crippen MR) is 213 cm³/mol. The molecule has 0 heterocycles. The molecule has 0 aromatic carbocycles. The van der Waals surface area contributed by atoms with Crippen LogP contribution in [0.2, 0.25) is 0 Å². The Morgan fingerprint density at radius 3 is 1.32 bits per heavy atom. The quantitative estimate of drug-likeness (QED) is 0.0287. The van der Waals surface area contributed by atoms with Crippen LogP contribution in [0.15, 0.2) is 36.5 Å². The van der Waals surface area contributed by atoms with Gasteiger partial charge in [0.1, 0.15) is 6.10 Å². The van der Waals surface area contributed by atoms with E-state index in [9.17, 15) is 28.0 Å². The normalized spacial score (nSPS) is 14.3. The third kappa shape index (κ3) is 34.9. The number of aliphatic hydroxyl groups excluding tert-OH is 2. The van der Waals surface area contributed by atoms with E-state index in [1.807, 2.05) is 0 Å². The molecule has 294 valence electrons. The van der Waals surface area contributed by atoms with Gasteiger partial charge in [0.05, 0.1) is 17.9 Å². The van der Waals surface area contributed by atoms with Crippen LogP contribution in [-0.2, 0) is 14.9 Å². The zero-order chi connectivity index (χ0) is 37.0. The zero-order valence-electron chi connectivity index (χ0n) is 32.4. The molecule has 0 spiro atoms. The largest absolute Gasteiger partial charge is 0.387 e. The second-order valence-electron chi connectivity index (χ2n) is 14.4. The SMILES string of the molecule is CCCCCCCCCCCCC/C=C/CC/C=C/CC/C=C/C(O)C(CS(=O)(=O)O)NC(=O)C(O)CCCCCCCCCCCCCC. The molecule has 0 aliphatic rings. The number of carbonyl (C=O) groups is 1. The number of allylic oxidation sites excluding steroid dienone is 5. The topological polar surface area (TPSA) is 124 Å². The van der Waals surface area contributed by atoms with E-state index in [-0.39, 0.29) is 6.42 Å². The van der Waals surface area contributed by atoms with E-state index in [4.69, 9.17) is 0 Å². The van der Waals surface area contributed by atoms with Crippen LogP contribution < -0.4 is 5.32 Å². The third-order valence-corrected chi connectivity index (χ3v) is 10.2. The highest BCUT2D eigenvalue weighted by Gasteiger charge is 2.27. The number of hydrogen-bond acceptors (Lipinski definition) is 5. The van der Waals surface area contributed by atoms with E-state index in [1.54, 1.807) is 6.08 Å². The van der Waals surface area contributed by atoms with Gasteiger partial charge in [0.2, 0.25) is 5.91 Å². The molecule has 0 aliphatic carbocycles. The Morgan fingerprint density at radius 2 is 0.900 bits per heavy atom. The Morgan fingerprint density at radius 1 is 0.540 bits per heavy atom. The van der Waals surface area contributed by atoms with Crippen LogP contribution in [0.25, 0.3) is 0 Å². The van der Waals surface area contributed by atoms with Crippen molar-refractivity contribution < 1.29 is 28.0 Å². The maximum Gasteiger partial charge on any atom is 0.267 e. The number of aliphatic hydroxyl groups is 2. The lowest BCUT2D eigenvalue weighted by molar-refractivity contribution is -0.130. The van der Waals surface area contributed by atoms with Gasteiger partial charge in [-0.15, -0.1) is 0 Å². The number of unbranched alkanes of at least 4 members (excludes halogenated alkanes) is 24. The molecule has 4 N–H and O–H groups in total. The molecule has 0 aromatic heterocycles. The molecule has 8 heteroatoms. The summed E-state index contributed by atoms with van der Waals surface area (Å²) < 4.78 is 32.5. The molecule has 3 atom stereocenters. The van der Waals surface area contributed by atoms with Crippen molar-refractivity contribution in [1.82, 2.24) is 5.32 Å². The van der Waals surface area contributed by atoms with E-state index >= 15 is 0 Å². The lowest BCUT2D eigenvalue weighted by Gasteiger charge is -2.22. The number of nitrogens with one attached hydrogen (secondary N) is 1. The van der Waals surface area contributed by atoms with Gasteiger partial charge < -0.3 is 15.5 Å². The number of hydrogen-bond donors (Lipinski definition) is 4. The molecule has 1 amide bonds. The van der Waals surface area contributed by atoms with Crippen LogP contribution in [0.3, 0.4) is 0 Å². The van der Waals surface area contributed by atoms with Gasteiger partial charge in [-0.1, -0.05) is 192 Å². The second-order valence-corrected chi connectivity index (χ2v) is 15.9. The monoisotopic (exact) mass is 726 g/mol. The van der Waals surface area contributed by atoms with Gasteiger partial charge in [-0.05, 0) is 44.9 Å². The Labute approximate surface area is 309 Å². The highest BCUT2D eigenvalue weighted by molar-refractivity contribution is 7.85. The summed E-state index contributed by atoms with van der Waals surface area (Å²) in [6.07, 6.45) is 43.5. The van der Waals surface area contributed by atoms with Crippen LogP contribution in [0.1, 0.15) is 200 Å². The van der Waals surface area contributed by atoms with Crippen LogP contribution in [0, 0.1) is 0 Å². The molecular weight excluding hydrogens is 647 g/mol. The van der Waals surface area contributed by atoms with E-state index < -0.39 is 40.0 Å². The average Bonchev–Trinajstić information content (AvgIpc) is 3.08. The number of carbonyl (C=O) groups excluding carboxylic acids is 1. The standard InChI is InChI=1S/C42H79NO6S/c1-3-5-7-9-11-13-15-17-18-19-20-21-22-23-24-25-27-28-30-32-34-36-40(44)39(38-50(47,48)49)43-42(46)41(45)37-35-33-31-29-26-16-14-12-10-8-6-4-2/h22-23,27-28,34,36,39-41,44-45H,3-21,24-26,29-33,35,37-38H2,1-2H3,(H,43,46)(H,47,48,49)/b23-22+,28-27+,36-34+. The van der Waals surface area contributed by atoms with Crippen LogP contribution in [-0.4, -0.2) is 53.1 Å². The molecule has 0 radical (unpaired) electrons. The molecule has 0 fully saturated rings. The minimum Gasteiger partial charge on any atom is -0.387 e. The summed E-state index contributed by atoms with van der Waals surface area (Å²) in [6.45, 7) is 4.50. The van der Waals surface area contributed by atoms with E-state index in [0.29, 0.717) is 12.8 Å². The summed E-state index contributed by atoms with van der Waals surface area (Å²) in [5.74, 6) is -1.56. The second kappa shape index (κ2) is 35.9. The van der Waals surface area contributed by atoms with Crippen molar-refractivity contribution in [2.45, 2.75) is 218 Å². The van der Waals surface area contributed by atoms with Crippen molar-refractivity contribution >= 4 is 16.0 Å². The van der Waals surface area contributed by atoms with Gasteiger partial charge in [0, 0.05) is 0 Å². The molecule has 50 heavy (non-hydrogen) atoms. The van der Waals surface area contributed by atoms with Crippen molar-refractivity contribution in [3.63, 3.8) is 0 Å². The lowest BCUT2D eigenvalue weighted by atomic mass is 10.0. The van der Waals surface area contributed by atoms with Crippen LogP contribution >= 0.6 is 0 Å². The van der Waals surface area contributed by atoms with E-state index in [0.717, 1.165) is 44.9 Å². The summed E-state index contributed by atoms with van der Waals surface area (Å²) in [7, 11) is -4.45. The van der Waals surface area contributed by atoms with Gasteiger partial charge in [-0.3, -0.25) is 9.35 Å². The Bertz CT molecular complexity index is 948. The highest BCUT2D eigenvalue weighted by atomic mass is 32.2. The first-order valence-corrected chi connectivity index (χ1v) is 22.4. The first kappa shape index (κ1) is 48.5. The molecular formula is C42H79NO6S. The first-order chi connectivity index (χ1) is 24.2. The molecule has 0 saturated carbocycles. The van der Waals surface area contributed by atoms with Gasteiger partial charge in [0.25, 0.3) is 10.1 Å². The number of amides is 1. The highest BCUT2D eigenvalue weighted by Crippen LogP contribution is 2.14. The van der Waals surface area contributed by atoms with Crippen molar-refractivity contribution in [1.29, 1.82) is 0 Å². The third-order valence-electron chi connectivity index (χ3n) is 9.40. The van der Waals surface area contributed by atoms with E-state index in [1.165, 1.54) is 128 Å². The fraction of sp³-hybridized carbons (Fsp3) is 0.833. The minimum absolute atomic E-state index is 0.273. The van der Waals surface area contributed by atoms with Gasteiger partial charge in [-0.25, -0.2) is 0 Å². The summed E-state index contributed by atoms with van der Waals surface area (Å²) in [4.78, 5) is 12.6. The van der Waals surface area contributed by atoms with Gasteiger partial charge in [-0.2, -0.15) is 8.42 Å². The fourth-order valence-corrected chi connectivity index (χ4v) is 6.93. The van der Waals surface area contributed by atoms with Crippen molar-refractivity contribution in [2.24, 2.45) is 0 Å². The Balaban J connectivity index is 4.09. The smallest absolute Gasteiger partial charge is 0.267 e. The van der Waals surface area contributed by atoms with E-state index in [2.05, 4.69) is 43.5 Å². The fourth-order valence-electron chi connectivity index (χ4n) is 6.19. The minimum atomic E-state index is -4.45. The maximum atomic E-state index is 12.6. The molecule has 0 aliphatic heterocycles. The maximum absolute atomic E-state index is 12.6. The Kier molecular flexibility index (Phi) is 34.8. The molecule has 0 aromatic rings. The van der Waals surface area contributed by atoms with Crippen LogP contribution in [0.4, 0.5) is 0 Å². The molecule has 7 nitrogen and oxygen atoms in total. The first-order valence-electron chi connectivity index (χ1n) is 20.8. The number of rotatable bonds is 37. The summed E-state index contributed by atoms with van der Waals surface area (Å²) in [5, 5.41) is 23.3. The van der Waals surface area contributed by atoms with Gasteiger partial charge in [0.15, 0.2) is 0 Å². The lowest BCUT2D eigenvalue weighted by Crippen LogP contribution is -2.50. The van der Waals surface area contributed by atoms with Crippen molar-refractivity contribution in [2.75, 3.05) is 5.75 Å². The average molecular weight is 726 g/mol.